The van der Waals surface area contributed by atoms with E-state index in [9.17, 15) is 13.2 Å². The van der Waals surface area contributed by atoms with Crippen molar-refractivity contribution in [3.8, 4) is 5.75 Å². The zero-order valence-corrected chi connectivity index (χ0v) is 15.8. The highest BCUT2D eigenvalue weighted by Gasteiger charge is 2.19. The summed E-state index contributed by atoms with van der Waals surface area (Å²) in [7, 11) is -3.95. The molecule has 27 heavy (non-hydrogen) atoms. The van der Waals surface area contributed by atoms with E-state index >= 15 is 0 Å². The fraction of sp³-hybridized carbons (Fsp3) is 0.0952. The van der Waals surface area contributed by atoms with Crippen molar-refractivity contribution >= 4 is 21.7 Å². The van der Waals surface area contributed by atoms with Crippen molar-refractivity contribution in [2.45, 2.75) is 18.7 Å². The van der Waals surface area contributed by atoms with Gasteiger partial charge in [0, 0.05) is 11.3 Å². The summed E-state index contributed by atoms with van der Waals surface area (Å²) in [5.41, 5.74) is 2.52. The molecule has 3 aromatic rings. The molecule has 0 saturated carbocycles. The van der Waals surface area contributed by atoms with E-state index in [0.717, 1.165) is 5.56 Å². The van der Waals surface area contributed by atoms with Crippen molar-refractivity contribution in [3.63, 3.8) is 0 Å². The van der Waals surface area contributed by atoms with Crippen LogP contribution >= 0.6 is 0 Å². The molecule has 0 spiro atoms. The van der Waals surface area contributed by atoms with Gasteiger partial charge in [-0.25, -0.2) is 0 Å². The Morgan fingerprint density at radius 2 is 1.56 bits per heavy atom. The van der Waals surface area contributed by atoms with Gasteiger partial charge in [-0.1, -0.05) is 30.3 Å². The molecule has 1 amide bonds. The molecule has 0 fully saturated rings. The molecule has 0 radical (unpaired) electrons. The number of rotatable bonds is 5. The molecular formula is C21H19NO4S. The predicted octanol–water partition coefficient (Wildman–Crippen LogP) is 4.32. The average Bonchev–Trinajstić information content (AvgIpc) is 2.64. The van der Waals surface area contributed by atoms with Crippen molar-refractivity contribution in [1.29, 1.82) is 0 Å². The van der Waals surface area contributed by atoms with Crippen molar-refractivity contribution < 1.29 is 17.4 Å². The third-order valence-electron chi connectivity index (χ3n) is 3.97. The number of benzene rings is 3. The topological polar surface area (TPSA) is 72.5 Å². The summed E-state index contributed by atoms with van der Waals surface area (Å²) in [5, 5.41) is 2.77. The SMILES string of the molecule is Cc1ccc(C)c(S(=O)(=O)Oc2ccc(C(=O)Nc3ccccc3)cc2)c1. The lowest BCUT2D eigenvalue weighted by atomic mass is 10.2. The molecule has 0 aliphatic heterocycles. The number of aryl methyl sites for hydroxylation is 2. The Kier molecular flexibility index (Phi) is 5.28. The van der Waals surface area contributed by atoms with Crippen LogP contribution in [0.1, 0.15) is 21.5 Å². The minimum absolute atomic E-state index is 0.133. The highest BCUT2D eigenvalue weighted by atomic mass is 32.2. The van der Waals surface area contributed by atoms with Gasteiger partial charge in [-0.15, -0.1) is 0 Å². The maximum atomic E-state index is 12.5. The van der Waals surface area contributed by atoms with E-state index in [1.807, 2.05) is 31.2 Å². The smallest absolute Gasteiger partial charge is 0.339 e. The van der Waals surface area contributed by atoms with Gasteiger partial charge in [0.25, 0.3) is 5.91 Å². The van der Waals surface area contributed by atoms with Crippen LogP contribution in [0.4, 0.5) is 5.69 Å². The number of amides is 1. The quantitative estimate of drug-likeness (QED) is 0.668. The molecule has 3 rings (SSSR count). The van der Waals surface area contributed by atoms with E-state index in [1.54, 1.807) is 31.2 Å². The maximum Gasteiger partial charge on any atom is 0.339 e. The van der Waals surface area contributed by atoms with E-state index in [-0.39, 0.29) is 16.6 Å². The zero-order chi connectivity index (χ0) is 19.4. The molecule has 0 saturated heterocycles. The van der Waals surface area contributed by atoms with Crippen LogP contribution in [-0.2, 0) is 10.1 Å². The van der Waals surface area contributed by atoms with Crippen LogP contribution in [0.3, 0.4) is 0 Å². The molecule has 0 atom stereocenters. The number of hydrogen-bond acceptors (Lipinski definition) is 4. The Morgan fingerprint density at radius 1 is 0.889 bits per heavy atom. The number of para-hydroxylation sites is 1. The highest BCUT2D eigenvalue weighted by Crippen LogP contribution is 2.23. The lowest BCUT2D eigenvalue weighted by molar-refractivity contribution is 0.102. The van der Waals surface area contributed by atoms with Gasteiger partial charge < -0.3 is 9.50 Å². The van der Waals surface area contributed by atoms with E-state index in [4.69, 9.17) is 4.18 Å². The lowest BCUT2D eigenvalue weighted by Gasteiger charge is -2.11. The molecule has 5 nitrogen and oxygen atoms in total. The number of carbonyl (C=O) groups is 1. The Hall–Kier alpha value is -3.12. The molecule has 0 heterocycles. The number of hydrogen-bond donors (Lipinski definition) is 1. The molecule has 0 aliphatic rings. The van der Waals surface area contributed by atoms with Gasteiger partial charge in [-0.2, -0.15) is 8.42 Å². The van der Waals surface area contributed by atoms with Crippen LogP contribution in [0.2, 0.25) is 0 Å². The summed E-state index contributed by atoms with van der Waals surface area (Å²) in [6, 6.07) is 20.2. The predicted molar refractivity (Wildman–Crippen MR) is 105 cm³/mol. The second-order valence-electron chi connectivity index (χ2n) is 6.15. The van der Waals surface area contributed by atoms with Crippen LogP contribution in [0.25, 0.3) is 0 Å². The monoisotopic (exact) mass is 381 g/mol. The fourth-order valence-electron chi connectivity index (χ4n) is 2.53. The third-order valence-corrected chi connectivity index (χ3v) is 5.36. The first kappa shape index (κ1) is 18.7. The Labute approximate surface area is 158 Å². The summed E-state index contributed by atoms with van der Waals surface area (Å²) in [5.74, 6) is -0.141. The Bertz CT molecular complexity index is 1060. The zero-order valence-electron chi connectivity index (χ0n) is 15.0. The van der Waals surface area contributed by atoms with Crippen molar-refractivity contribution in [3.05, 3.63) is 89.5 Å². The normalized spacial score (nSPS) is 11.0. The third kappa shape index (κ3) is 4.54. The van der Waals surface area contributed by atoms with Crippen LogP contribution in [-0.4, -0.2) is 14.3 Å². The second kappa shape index (κ2) is 7.63. The second-order valence-corrected chi connectivity index (χ2v) is 7.67. The van der Waals surface area contributed by atoms with Crippen molar-refractivity contribution in [1.82, 2.24) is 0 Å². The molecule has 138 valence electrons. The van der Waals surface area contributed by atoms with Gasteiger partial charge in [0.15, 0.2) is 0 Å². The largest absolute Gasteiger partial charge is 0.379 e. The molecule has 6 heteroatoms. The molecule has 0 aliphatic carbocycles. The van der Waals surface area contributed by atoms with E-state index in [0.29, 0.717) is 16.8 Å². The first-order valence-corrected chi connectivity index (χ1v) is 9.74. The molecule has 0 bridgehead atoms. The first-order valence-electron chi connectivity index (χ1n) is 8.33. The highest BCUT2D eigenvalue weighted by molar-refractivity contribution is 7.87. The van der Waals surface area contributed by atoms with Gasteiger partial charge in [0.1, 0.15) is 10.6 Å². The molecule has 3 aromatic carbocycles. The minimum Gasteiger partial charge on any atom is -0.379 e. The fourth-order valence-corrected chi connectivity index (χ4v) is 3.78. The van der Waals surface area contributed by atoms with Crippen molar-refractivity contribution in [2.75, 3.05) is 5.32 Å². The lowest BCUT2D eigenvalue weighted by Crippen LogP contribution is -2.13. The van der Waals surface area contributed by atoms with E-state index in [2.05, 4.69) is 5.32 Å². The number of carbonyl (C=O) groups excluding carboxylic acids is 1. The summed E-state index contributed by atoms with van der Waals surface area (Å²) < 4.78 is 30.3. The van der Waals surface area contributed by atoms with Crippen LogP contribution < -0.4 is 9.50 Å². The van der Waals surface area contributed by atoms with Crippen molar-refractivity contribution in [2.24, 2.45) is 0 Å². The Morgan fingerprint density at radius 3 is 2.22 bits per heavy atom. The summed E-state index contributed by atoms with van der Waals surface area (Å²) in [6.45, 7) is 3.53. The van der Waals surface area contributed by atoms with Gasteiger partial charge >= 0.3 is 10.1 Å². The molecule has 0 unspecified atom stereocenters. The summed E-state index contributed by atoms with van der Waals surface area (Å²) in [4.78, 5) is 12.4. The average molecular weight is 381 g/mol. The first-order chi connectivity index (χ1) is 12.8. The van der Waals surface area contributed by atoms with Crippen LogP contribution in [0.15, 0.2) is 77.7 Å². The minimum atomic E-state index is -3.95. The van der Waals surface area contributed by atoms with Gasteiger partial charge in [0.2, 0.25) is 0 Å². The summed E-state index contributed by atoms with van der Waals surface area (Å²) in [6.07, 6.45) is 0. The molecular weight excluding hydrogens is 362 g/mol. The molecule has 1 N–H and O–H groups in total. The molecule has 0 aromatic heterocycles. The summed E-state index contributed by atoms with van der Waals surface area (Å²) >= 11 is 0. The van der Waals surface area contributed by atoms with Gasteiger partial charge in [-0.3, -0.25) is 4.79 Å². The van der Waals surface area contributed by atoms with Crippen LogP contribution in [0, 0.1) is 13.8 Å². The van der Waals surface area contributed by atoms with Gasteiger partial charge in [-0.05, 0) is 67.4 Å². The van der Waals surface area contributed by atoms with Gasteiger partial charge in [0.05, 0.1) is 0 Å². The maximum absolute atomic E-state index is 12.5. The number of nitrogens with one attached hydrogen (secondary N) is 1. The van der Waals surface area contributed by atoms with E-state index < -0.39 is 10.1 Å². The number of anilines is 1. The Balaban J connectivity index is 1.75. The van der Waals surface area contributed by atoms with E-state index in [1.165, 1.54) is 24.3 Å². The standard InChI is InChI=1S/C21H19NO4S/c1-15-8-9-16(2)20(14-15)27(24,25)26-19-12-10-17(11-13-19)21(23)22-18-6-4-3-5-7-18/h3-14H,1-2H3,(H,22,23). The van der Waals surface area contributed by atoms with Crippen LogP contribution in [0.5, 0.6) is 5.75 Å².